The molecule has 20 heavy (non-hydrogen) atoms. The number of hydrogen-bond donors (Lipinski definition) is 1. The molecule has 3 nitrogen and oxygen atoms in total. The van der Waals surface area contributed by atoms with Crippen molar-refractivity contribution in [3.63, 3.8) is 0 Å². The SMILES string of the molecule is COC(=O)[C@H](N)c1cc2ccccc2c2ccccc12. The first-order chi connectivity index (χ1) is 9.72. The Morgan fingerprint density at radius 1 is 1.00 bits per heavy atom. The first-order valence-corrected chi connectivity index (χ1v) is 6.46. The highest BCUT2D eigenvalue weighted by Gasteiger charge is 2.19. The third-order valence-corrected chi connectivity index (χ3v) is 3.59. The number of benzene rings is 3. The topological polar surface area (TPSA) is 52.3 Å². The number of carbonyl (C=O) groups is 1. The number of methoxy groups -OCH3 is 1. The molecule has 0 amide bonds. The summed E-state index contributed by atoms with van der Waals surface area (Å²) in [5.74, 6) is -0.426. The molecule has 0 fully saturated rings. The lowest BCUT2D eigenvalue weighted by atomic mass is 9.94. The van der Waals surface area contributed by atoms with Crippen molar-refractivity contribution in [2.45, 2.75) is 6.04 Å². The van der Waals surface area contributed by atoms with E-state index in [0.29, 0.717) is 0 Å². The highest BCUT2D eigenvalue weighted by molar-refractivity contribution is 6.10. The Kier molecular flexibility index (Phi) is 3.12. The average molecular weight is 265 g/mol. The van der Waals surface area contributed by atoms with Crippen LogP contribution in [-0.4, -0.2) is 13.1 Å². The summed E-state index contributed by atoms with van der Waals surface area (Å²) >= 11 is 0. The molecule has 0 saturated carbocycles. The van der Waals surface area contributed by atoms with Gasteiger partial charge >= 0.3 is 5.97 Å². The van der Waals surface area contributed by atoms with E-state index in [9.17, 15) is 4.79 Å². The van der Waals surface area contributed by atoms with Gasteiger partial charge in [-0.05, 0) is 33.2 Å². The van der Waals surface area contributed by atoms with Crippen LogP contribution in [0.2, 0.25) is 0 Å². The van der Waals surface area contributed by atoms with E-state index in [2.05, 4.69) is 6.07 Å². The Balaban J connectivity index is 2.37. The lowest BCUT2D eigenvalue weighted by Gasteiger charge is -2.15. The molecule has 0 spiro atoms. The van der Waals surface area contributed by atoms with Crippen LogP contribution in [-0.2, 0) is 9.53 Å². The van der Waals surface area contributed by atoms with Crippen LogP contribution in [0.4, 0.5) is 0 Å². The van der Waals surface area contributed by atoms with Crippen LogP contribution in [0.15, 0.2) is 54.6 Å². The third kappa shape index (κ3) is 1.92. The maximum atomic E-state index is 11.7. The monoisotopic (exact) mass is 265 g/mol. The minimum absolute atomic E-state index is 0.426. The van der Waals surface area contributed by atoms with Crippen LogP contribution in [0.1, 0.15) is 11.6 Å². The average Bonchev–Trinajstić information content (AvgIpc) is 2.52. The molecule has 0 aliphatic rings. The molecule has 0 radical (unpaired) electrons. The van der Waals surface area contributed by atoms with Gasteiger partial charge in [0.2, 0.25) is 0 Å². The van der Waals surface area contributed by atoms with Crippen LogP contribution < -0.4 is 5.73 Å². The fraction of sp³-hybridized carbons (Fsp3) is 0.118. The van der Waals surface area contributed by atoms with Crippen LogP contribution in [0.25, 0.3) is 21.5 Å². The zero-order chi connectivity index (χ0) is 14.1. The minimum Gasteiger partial charge on any atom is -0.468 e. The molecule has 3 heteroatoms. The maximum absolute atomic E-state index is 11.7. The van der Waals surface area contributed by atoms with Gasteiger partial charge in [0.25, 0.3) is 0 Å². The van der Waals surface area contributed by atoms with Gasteiger partial charge in [-0.2, -0.15) is 0 Å². The number of fused-ring (bicyclic) bond motifs is 3. The van der Waals surface area contributed by atoms with E-state index in [4.69, 9.17) is 10.5 Å². The Hall–Kier alpha value is -2.39. The van der Waals surface area contributed by atoms with Gasteiger partial charge in [-0.25, -0.2) is 0 Å². The third-order valence-electron chi connectivity index (χ3n) is 3.59. The summed E-state index contributed by atoms with van der Waals surface area (Å²) in [6.45, 7) is 0. The summed E-state index contributed by atoms with van der Waals surface area (Å²) in [7, 11) is 1.35. The summed E-state index contributed by atoms with van der Waals surface area (Å²) < 4.78 is 4.76. The van der Waals surface area contributed by atoms with E-state index in [-0.39, 0.29) is 0 Å². The van der Waals surface area contributed by atoms with Crippen LogP contribution >= 0.6 is 0 Å². The van der Waals surface area contributed by atoms with E-state index in [0.717, 1.165) is 27.1 Å². The number of carbonyl (C=O) groups excluding carboxylic acids is 1. The minimum atomic E-state index is -0.769. The number of nitrogens with two attached hydrogens (primary N) is 1. The lowest BCUT2D eigenvalue weighted by molar-refractivity contribution is -0.142. The predicted octanol–water partition coefficient (Wildman–Crippen LogP) is 3.17. The van der Waals surface area contributed by atoms with Crippen molar-refractivity contribution in [3.8, 4) is 0 Å². The molecule has 3 aromatic carbocycles. The number of ether oxygens (including phenoxy) is 1. The predicted molar refractivity (Wildman–Crippen MR) is 80.4 cm³/mol. The van der Waals surface area contributed by atoms with Crippen molar-refractivity contribution < 1.29 is 9.53 Å². The van der Waals surface area contributed by atoms with Gasteiger partial charge in [0.1, 0.15) is 6.04 Å². The number of rotatable bonds is 2. The van der Waals surface area contributed by atoms with Crippen molar-refractivity contribution in [1.29, 1.82) is 0 Å². The molecule has 0 aliphatic carbocycles. The first-order valence-electron chi connectivity index (χ1n) is 6.46. The van der Waals surface area contributed by atoms with Gasteiger partial charge < -0.3 is 10.5 Å². The second-order valence-corrected chi connectivity index (χ2v) is 4.73. The molecule has 100 valence electrons. The fourth-order valence-electron chi connectivity index (χ4n) is 2.59. The Morgan fingerprint density at radius 2 is 1.60 bits per heavy atom. The van der Waals surface area contributed by atoms with Gasteiger partial charge in [-0.3, -0.25) is 4.79 Å². The molecule has 1 atom stereocenters. The molecule has 0 aromatic heterocycles. The Labute approximate surface area is 117 Å². The molecule has 0 heterocycles. The summed E-state index contributed by atoms with van der Waals surface area (Å²) in [6, 6.07) is 17.3. The standard InChI is InChI=1S/C17H15NO2/c1-20-17(19)16(18)15-10-11-6-2-3-7-12(11)13-8-4-5-9-14(13)15/h2-10,16H,18H2,1H3/t16-/m1/s1. The molecular weight excluding hydrogens is 250 g/mol. The summed E-state index contributed by atoms with van der Waals surface area (Å²) in [5.41, 5.74) is 6.83. The number of esters is 1. The molecule has 3 aromatic rings. The first kappa shape index (κ1) is 12.6. The molecule has 0 aliphatic heterocycles. The highest BCUT2D eigenvalue weighted by Crippen LogP contribution is 2.31. The summed E-state index contributed by atoms with van der Waals surface area (Å²) in [6.07, 6.45) is 0. The number of hydrogen-bond acceptors (Lipinski definition) is 3. The zero-order valence-electron chi connectivity index (χ0n) is 11.2. The van der Waals surface area contributed by atoms with Crippen molar-refractivity contribution in [1.82, 2.24) is 0 Å². The summed E-state index contributed by atoms with van der Waals surface area (Å²) in [4.78, 5) is 11.7. The molecule has 0 saturated heterocycles. The smallest absolute Gasteiger partial charge is 0.327 e. The lowest BCUT2D eigenvalue weighted by Crippen LogP contribution is -2.22. The molecule has 0 bridgehead atoms. The second-order valence-electron chi connectivity index (χ2n) is 4.73. The Bertz CT molecular complexity index is 795. The van der Waals surface area contributed by atoms with Crippen molar-refractivity contribution in [3.05, 3.63) is 60.2 Å². The maximum Gasteiger partial charge on any atom is 0.327 e. The molecule has 3 rings (SSSR count). The van der Waals surface area contributed by atoms with Crippen LogP contribution in [0.5, 0.6) is 0 Å². The van der Waals surface area contributed by atoms with Crippen molar-refractivity contribution >= 4 is 27.5 Å². The van der Waals surface area contributed by atoms with Crippen molar-refractivity contribution in [2.75, 3.05) is 7.11 Å². The normalized spacial score (nSPS) is 12.5. The van der Waals surface area contributed by atoms with E-state index in [1.54, 1.807) is 0 Å². The highest BCUT2D eigenvalue weighted by atomic mass is 16.5. The largest absolute Gasteiger partial charge is 0.468 e. The van der Waals surface area contributed by atoms with Gasteiger partial charge in [0, 0.05) is 0 Å². The second kappa shape index (κ2) is 4.94. The molecule has 0 unspecified atom stereocenters. The van der Waals surface area contributed by atoms with Gasteiger partial charge in [-0.1, -0.05) is 48.5 Å². The van der Waals surface area contributed by atoms with E-state index in [1.807, 2.05) is 48.5 Å². The van der Waals surface area contributed by atoms with Gasteiger partial charge in [0.05, 0.1) is 7.11 Å². The fourth-order valence-corrected chi connectivity index (χ4v) is 2.59. The molecule has 2 N–H and O–H groups in total. The van der Waals surface area contributed by atoms with Crippen LogP contribution in [0.3, 0.4) is 0 Å². The van der Waals surface area contributed by atoms with Gasteiger partial charge in [0.15, 0.2) is 0 Å². The van der Waals surface area contributed by atoms with E-state index in [1.165, 1.54) is 7.11 Å². The van der Waals surface area contributed by atoms with Crippen LogP contribution in [0, 0.1) is 0 Å². The van der Waals surface area contributed by atoms with E-state index >= 15 is 0 Å². The Morgan fingerprint density at radius 3 is 2.30 bits per heavy atom. The molecular formula is C17H15NO2. The zero-order valence-corrected chi connectivity index (χ0v) is 11.2. The van der Waals surface area contributed by atoms with Gasteiger partial charge in [-0.15, -0.1) is 0 Å². The quantitative estimate of drug-likeness (QED) is 0.572. The van der Waals surface area contributed by atoms with E-state index < -0.39 is 12.0 Å². The summed E-state index contributed by atoms with van der Waals surface area (Å²) in [5, 5.41) is 4.31. The van der Waals surface area contributed by atoms with Crippen molar-refractivity contribution in [2.24, 2.45) is 5.73 Å².